The summed E-state index contributed by atoms with van der Waals surface area (Å²) in [5.41, 5.74) is 4.19. The Morgan fingerprint density at radius 1 is 1.07 bits per heavy atom. The van der Waals surface area contributed by atoms with Gasteiger partial charge in [-0.05, 0) is 61.5 Å². The monoisotopic (exact) mass is 366 g/mol. The van der Waals surface area contributed by atoms with Crippen LogP contribution in [0, 0.1) is 13.8 Å². The van der Waals surface area contributed by atoms with Gasteiger partial charge in [0, 0.05) is 11.2 Å². The maximum absolute atomic E-state index is 12.7. The number of fused-ring (bicyclic) bond motifs is 1. The predicted octanol–water partition coefficient (Wildman–Crippen LogP) is 4.15. The van der Waals surface area contributed by atoms with E-state index in [1.54, 1.807) is 14.2 Å². The van der Waals surface area contributed by atoms with Gasteiger partial charge in [-0.3, -0.25) is 4.79 Å². The molecule has 3 aromatic rings. The number of nitrogens with zero attached hydrogens (tertiary/aromatic N) is 1. The first-order valence-electron chi connectivity index (χ1n) is 9.01. The topological polar surface area (TPSA) is 52.5 Å². The van der Waals surface area contributed by atoms with Crippen LogP contribution in [0.1, 0.15) is 29.8 Å². The lowest BCUT2D eigenvalue weighted by molar-refractivity contribution is -0.122. The summed E-state index contributed by atoms with van der Waals surface area (Å²) in [6.07, 6.45) is 0. The second-order valence-corrected chi connectivity index (χ2v) is 6.78. The summed E-state index contributed by atoms with van der Waals surface area (Å²) < 4.78 is 12.8. The highest BCUT2D eigenvalue weighted by Crippen LogP contribution is 2.32. The van der Waals surface area contributed by atoms with Gasteiger partial charge in [-0.25, -0.2) is 0 Å². The van der Waals surface area contributed by atoms with Crippen molar-refractivity contribution in [1.82, 2.24) is 9.88 Å². The van der Waals surface area contributed by atoms with E-state index in [0.717, 1.165) is 27.7 Å². The number of hydrogen-bond acceptors (Lipinski definition) is 3. The van der Waals surface area contributed by atoms with Crippen molar-refractivity contribution in [3.63, 3.8) is 0 Å². The number of benzene rings is 2. The van der Waals surface area contributed by atoms with Crippen molar-refractivity contribution in [1.29, 1.82) is 0 Å². The van der Waals surface area contributed by atoms with E-state index in [1.807, 2.05) is 55.7 Å². The molecule has 0 saturated heterocycles. The van der Waals surface area contributed by atoms with Crippen LogP contribution in [0.15, 0.2) is 42.5 Å². The quantitative estimate of drug-likeness (QED) is 0.713. The first-order valence-corrected chi connectivity index (χ1v) is 9.01. The van der Waals surface area contributed by atoms with Crippen molar-refractivity contribution in [2.45, 2.75) is 33.4 Å². The molecule has 1 heterocycles. The molecule has 0 fully saturated rings. The number of ether oxygens (including phenoxy) is 2. The first-order chi connectivity index (χ1) is 12.9. The number of amides is 1. The SMILES string of the molecule is COc1cc(C)c(C(C)NC(=O)Cn2c(C)cc3ccccc32)cc1OC. The van der Waals surface area contributed by atoms with Crippen LogP contribution in [-0.2, 0) is 11.3 Å². The molecule has 1 unspecified atom stereocenters. The maximum atomic E-state index is 12.7. The molecule has 142 valence electrons. The second-order valence-electron chi connectivity index (χ2n) is 6.78. The van der Waals surface area contributed by atoms with Crippen molar-refractivity contribution in [3.8, 4) is 11.5 Å². The van der Waals surface area contributed by atoms with Crippen molar-refractivity contribution in [2.75, 3.05) is 14.2 Å². The average molecular weight is 366 g/mol. The van der Waals surface area contributed by atoms with E-state index in [2.05, 4.69) is 17.4 Å². The fourth-order valence-electron chi connectivity index (χ4n) is 3.53. The molecule has 2 aromatic carbocycles. The summed E-state index contributed by atoms with van der Waals surface area (Å²) in [6.45, 7) is 6.29. The highest BCUT2D eigenvalue weighted by atomic mass is 16.5. The zero-order valence-corrected chi connectivity index (χ0v) is 16.5. The highest BCUT2D eigenvalue weighted by molar-refractivity contribution is 5.84. The van der Waals surface area contributed by atoms with Crippen LogP contribution in [0.3, 0.4) is 0 Å². The van der Waals surface area contributed by atoms with Gasteiger partial charge in [0.05, 0.1) is 20.3 Å². The molecular formula is C22H26N2O3. The summed E-state index contributed by atoms with van der Waals surface area (Å²) in [7, 11) is 3.23. The van der Waals surface area contributed by atoms with Crippen LogP contribution < -0.4 is 14.8 Å². The number of carbonyl (C=O) groups excluding carboxylic acids is 1. The standard InChI is InChI=1S/C22H26N2O3/c1-14-10-20(26-4)21(27-5)12-18(14)16(3)23-22(25)13-24-15(2)11-17-8-6-7-9-19(17)24/h6-12,16H,13H2,1-5H3,(H,23,25). The van der Waals surface area contributed by atoms with Crippen LogP contribution in [0.25, 0.3) is 10.9 Å². The largest absolute Gasteiger partial charge is 0.493 e. The Morgan fingerprint density at radius 2 is 1.74 bits per heavy atom. The fourth-order valence-corrected chi connectivity index (χ4v) is 3.53. The minimum absolute atomic E-state index is 0.0267. The Balaban J connectivity index is 1.79. The van der Waals surface area contributed by atoms with E-state index in [1.165, 1.54) is 0 Å². The summed E-state index contributed by atoms with van der Waals surface area (Å²) >= 11 is 0. The Kier molecular flexibility index (Phi) is 5.40. The fraction of sp³-hybridized carbons (Fsp3) is 0.318. The third-order valence-electron chi connectivity index (χ3n) is 4.94. The van der Waals surface area contributed by atoms with Gasteiger partial charge in [0.1, 0.15) is 6.54 Å². The first kappa shape index (κ1) is 18.8. The molecule has 1 amide bonds. The maximum Gasteiger partial charge on any atom is 0.240 e. The van der Waals surface area contributed by atoms with E-state index in [0.29, 0.717) is 11.5 Å². The smallest absolute Gasteiger partial charge is 0.240 e. The number of rotatable bonds is 6. The number of hydrogen-bond donors (Lipinski definition) is 1. The van der Waals surface area contributed by atoms with Crippen LogP contribution in [-0.4, -0.2) is 24.7 Å². The minimum atomic E-state index is -0.139. The summed E-state index contributed by atoms with van der Waals surface area (Å²) in [4.78, 5) is 12.7. The molecule has 0 aliphatic carbocycles. The Labute approximate surface area is 159 Å². The molecule has 1 atom stereocenters. The van der Waals surface area contributed by atoms with Gasteiger partial charge >= 0.3 is 0 Å². The van der Waals surface area contributed by atoms with Gasteiger partial charge in [0.15, 0.2) is 11.5 Å². The summed E-state index contributed by atoms with van der Waals surface area (Å²) in [5.74, 6) is 1.32. The van der Waals surface area contributed by atoms with E-state index >= 15 is 0 Å². The Bertz CT molecular complexity index is 975. The molecule has 5 nitrogen and oxygen atoms in total. The van der Waals surface area contributed by atoms with Crippen LogP contribution in [0.5, 0.6) is 11.5 Å². The van der Waals surface area contributed by atoms with Gasteiger partial charge in [-0.2, -0.15) is 0 Å². The molecule has 0 aliphatic rings. The third kappa shape index (κ3) is 3.77. The predicted molar refractivity (Wildman–Crippen MR) is 108 cm³/mol. The van der Waals surface area contributed by atoms with Crippen molar-refractivity contribution >= 4 is 16.8 Å². The number of aromatic nitrogens is 1. The van der Waals surface area contributed by atoms with E-state index in [4.69, 9.17) is 9.47 Å². The molecule has 0 saturated carbocycles. The zero-order valence-electron chi connectivity index (χ0n) is 16.5. The number of nitrogens with one attached hydrogen (secondary N) is 1. The van der Waals surface area contributed by atoms with Gasteiger partial charge < -0.3 is 19.4 Å². The van der Waals surface area contributed by atoms with Gasteiger partial charge in [0.25, 0.3) is 0 Å². The number of carbonyl (C=O) groups is 1. The molecule has 0 spiro atoms. The molecule has 0 aliphatic heterocycles. The van der Waals surface area contributed by atoms with E-state index in [-0.39, 0.29) is 18.5 Å². The van der Waals surface area contributed by atoms with Crippen molar-refractivity contribution in [3.05, 3.63) is 59.3 Å². The number of para-hydroxylation sites is 1. The summed E-state index contributed by atoms with van der Waals surface area (Å²) in [5, 5.41) is 4.24. The lowest BCUT2D eigenvalue weighted by atomic mass is 10.0. The van der Waals surface area contributed by atoms with Crippen LogP contribution in [0.4, 0.5) is 0 Å². The number of methoxy groups -OCH3 is 2. The van der Waals surface area contributed by atoms with E-state index < -0.39 is 0 Å². The molecule has 1 aromatic heterocycles. The molecule has 0 radical (unpaired) electrons. The Morgan fingerprint density at radius 3 is 2.44 bits per heavy atom. The summed E-state index contributed by atoms with van der Waals surface area (Å²) in [6, 6.07) is 13.9. The molecule has 1 N–H and O–H groups in total. The van der Waals surface area contributed by atoms with Crippen LogP contribution in [0.2, 0.25) is 0 Å². The molecule has 0 bridgehead atoms. The third-order valence-corrected chi connectivity index (χ3v) is 4.94. The molecular weight excluding hydrogens is 340 g/mol. The second kappa shape index (κ2) is 7.74. The average Bonchev–Trinajstić information content (AvgIpc) is 2.96. The van der Waals surface area contributed by atoms with E-state index in [9.17, 15) is 4.79 Å². The van der Waals surface area contributed by atoms with Crippen molar-refractivity contribution < 1.29 is 14.3 Å². The normalized spacial score (nSPS) is 12.0. The Hall–Kier alpha value is -2.95. The zero-order chi connectivity index (χ0) is 19.6. The lowest BCUT2D eigenvalue weighted by Gasteiger charge is -2.20. The minimum Gasteiger partial charge on any atom is -0.493 e. The van der Waals surface area contributed by atoms with Gasteiger partial charge in [-0.1, -0.05) is 18.2 Å². The highest BCUT2D eigenvalue weighted by Gasteiger charge is 2.17. The van der Waals surface area contributed by atoms with Gasteiger partial charge in [-0.15, -0.1) is 0 Å². The lowest BCUT2D eigenvalue weighted by Crippen LogP contribution is -2.30. The molecule has 3 rings (SSSR count). The number of aryl methyl sites for hydroxylation is 2. The van der Waals surface area contributed by atoms with Gasteiger partial charge in [0.2, 0.25) is 5.91 Å². The molecule has 27 heavy (non-hydrogen) atoms. The van der Waals surface area contributed by atoms with Crippen LogP contribution >= 0.6 is 0 Å². The molecule has 5 heteroatoms. The van der Waals surface area contributed by atoms with Crippen molar-refractivity contribution in [2.24, 2.45) is 0 Å².